The van der Waals surface area contributed by atoms with Crippen LogP contribution in [0.4, 0.5) is 15.3 Å². The van der Waals surface area contributed by atoms with Crippen LogP contribution in [0.3, 0.4) is 0 Å². The van der Waals surface area contributed by atoms with E-state index in [1.165, 1.54) is 0 Å². The molecule has 0 unspecified atom stereocenters. The molecule has 1 saturated heterocycles. The normalized spacial score (nSPS) is 18.5. The number of fused-ring (bicyclic) bond motifs is 3. The molecule has 1 aliphatic carbocycles. The summed E-state index contributed by atoms with van der Waals surface area (Å²) in [6, 6.07) is 5.87. The highest BCUT2D eigenvalue weighted by atomic mass is 16.6. The molecule has 0 spiro atoms. The SMILES string of the molecule is CC(C)(C)OC(=O)NC[C@H]1CN(c2ccc3c(c2)CCCc2cnoc2-3)C(=O)O1. The minimum absolute atomic E-state index is 0.198. The fourth-order valence-electron chi connectivity index (χ4n) is 3.66. The van der Waals surface area contributed by atoms with Crippen LogP contribution in [0.15, 0.2) is 28.9 Å². The number of nitrogens with zero attached hydrogens (tertiary/aromatic N) is 2. The van der Waals surface area contributed by atoms with Crippen molar-refractivity contribution < 1.29 is 23.6 Å². The largest absolute Gasteiger partial charge is 0.444 e. The van der Waals surface area contributed by atoms with E-state index in [1.807, 2.05) is 18.2 Å². The fraction of sp³-hybridized carbons (Fsp3) is 0.476. The van der Waals surface area contributed by atoms with Gasteiger partial charge in [0.2, 0.25) is 0 Å². The number of nitrogens with one attached hydrogen (secondary N) is 1. The second-order valence-electron chi connectivity index (χ2n) is 8.37. The minimum atomic E-state index is -0.576. The first-order valence-corrected chi connectivity index (χ1v) is 9.82. The molecule has 1 aliphatic heterocycles. The van der Waals surface area contributed by atoms with Gasteiger partial charge < -0.3 is 19.3 Å². The lowest BCUT2D eigenvalue weighted by Gasteiger charge is -2.20. The van der Waals surface area contributed by atoms with Crippen LogP contribution in [-0.2, 0) is 22.3 Å². The lowest BCUT2D eigenvalue weighted by molar-refractivity contribution is 0.0496. The third-order valence-corrected chi connectivity index (χ3v) is 4.93. The molecule has 1 aromatic heterocycles. The maximum absolute atomic E-state index is 12.4. The Morgan fingerprint density at radius 2 is 2.10 bits per heavy atom. The quantitative estimate of drug-likeness (QED) is 0.846. The lowest BCUT2D eigenvalue weighted by atomic mass is 10.0. The van der Waals surface area contributed by atoms with Gasteiger partial charge in [0.25, 0.3) is 0 Å². The van der Waals surface area contributed by atoms with Gasteiger partial charge in [-0.05, 0) is 63.8 Å². The van der Waals surface area contributed by atoms with E-state index in [1.54, 1.807) is 31.9 Å². The second-order valence-corrected chi connectivity index (χ2v) is 8.37. The average Bonchev–Trinajstić information content (AvgIpc) is 3.21. The van der Waals surface area contributed by atoms with Gasteiger partial charge in [0.1, 0.15) is 11.7 Å². The molecule has 2 aromatic rings. The molecule has 2 aliphatic rings. The molecule has 0 saturated carbocycles. The van der Waals surface area contributed by atoms with Gasteiger partial charge in [0, 0.05) is 16.8 Å². The molecule has 1 fully saturated rings. The number of rotatable bonds is 3. The highest BCUT2D eigenvalue weighted by Gasteiger charge is 2.33. The van der Waals surface area contributed by atoms with E-state index in [4.69, 9.17) is 14.0 Å². The number of amides is 2. The van der Waals surface area contributed by atoms with Gasteiger partial charge >= 0.3 is 12.2 Å². The van der Waals surface area contributed by atoms with Crippen LogP contribution in [0.25, 0.3) is 11.3 Å². The van der Waals surface area contributed by atoms with E-state index in [-0.39, 0.29) is 6.54 Å². The molecule has 4 rings (SSSR count). The third-order valence-electron chi connectivity index (χ3n) is 4.93. The number of hydrogen-bond donors (Lipinski definition) is 1. The van der Waals surface area contributed by atoms with Crippen molar-refractivity contribution in [2.75, 3.05) is 18.0 Å². The Morgan fingerprint density at radius 3 is 2.90 bits per heavy atom. The zero-order chi connectivity index (χ0) is 20.6. The van der Waals surface area contributed by atoms with Gasteiger partial charge in [0.05, 0.1) is 19.3 Å². The number of aromatic nitrogens is 1. The van der Waals surface area contributed by atoms with Gasteiger partial charge in [-0.3, -0.25) is 4.90 Å². The third kappa shape index (κ3) is 4.21. The molecule has 0 bridgehead atoms. The zero-order valence-corrected chi connectivity index (χ0v) is 16.9. The van der Waals surface area contributed by atoms with Crippen LogP contribution in [0.1, 0.15) is 38.3 Å². The monoisotopic (exact) mass is 399 g/mol. The molecule has 154 valence electrons. The Morgan fingerprint density at radius 1 is 1.31 bits per heavy atom. The predicted molar refractivity (Wildman–Crippen MR) is 106 cm³/mol. The van der Waals surface area contributed by atoms with Crippen LogP contribution in [-0.4, -0.2) is 42.1 Å². The molecular formula is C21H25N3O5. The molecule has 1 N–H and O–H groups in total. The average molecular weight is 399 g/mol. The molecule has 1 atom stereocenters. The van der Waals surface area contributed by atoms with Crippen molar-refractivity contribution in [3.05, 3.63) is 35.5 Å². The molecule has 1 aromatic carbocycles. The van der Waals surface area contributed by atoms with Gasteiger partial charge in [0.15, 0.2) is 5.76 Å². The van der Waals surface area contributed by atoms with Crippen molar-refractivity contribution in [3.8, 4) is 11.3 Å². The molecular weight excluding hydrogens is 374 g/mol. The summed E-state index contributed by atoms with van der Waals surface area (Å²) < 4.78 is 16.1. The van der Waals surface area contributed by atoms with E-state index >= 15 is 0 Å². The van der Waals surface area contributed by atoms with Crippen LogP contribution < -0.4 is 10.2 Å². The van der Waals surface area contributed by atoms with E-state index in [2.05, 4.69) is 10.5 Å². The number of cyclic esters (lactones) is 1. The van der Waals surface area contributed by atoms with Crippen LogP contribution in [0.2, 0.25) is 0 Å². The predicted octanol–water partition coefficient (Wildman–Crippen LogP) is 3.68. The van der Waals surface area contributed by atoms with Crippen molar-refractivity contribution in [3.63, 3.8) is 0 Å². The van der Waals surface area contributed by atoms with Crippen molar-refractivity contribution in [1.82, 2.24) is 10.5 Å². The van der Waals surface area contributed by atoms with Crippen molar-refractivity contribution in [2.24, 2.45) is 0 Å². The number of anilines is 1. The molecule has 2 amide bonds. The Bertz CT molecular complexity index is 931. The number of carbonyl (C=O) groups is 2. The van der Waals surface area contributed by atoms with E-state index in [0.29, 0.717) is 6.54 Å². The van der Waals surface area contributed by atoms with Gasteiger partial charge in [-0.25, -0.2) is 9.59 Å². The number of carbonyl (C=O) groups excluding carboxylic acids is 2. The molecule has 8 heteroatoms. The fourth-order valence-corrected chi connectivity index (χ4v) is 3.66. The maximum Gasteiger partial charge on any atom is 0.414 e. The highest BCUT2D eigenvalue weighted by Crippen LogP contribution is 2.35. The number of benzene rings is 1. The van der Waals surface area contributed by atoms with Gasteiger partial charge in [-0.2, -0.15) is 0 Å². The Balaban J connectivity index is 1.44. The summed E-state index contributed by atoms with van der Waals surface area (Å²) in [5.41, 5.74) is 3.46. The van der Waals surface area contributed by atoms with Crippen molar-refractivity contribution >= 4 is 17.9 Å². The Hall–Kier alpha value is -3.03. The number of aryl methyl sites for hydroxylation is 2. The first-order chi connectivity index (χ1) is 13.8. The highest BCUT2D eigenvalue weighted by molar-refractivity contribution is 5.90. The Kier molecular flexibility index (Phi) is 4.94. The number of ether oxygens (including phenoxy) is 2. The summed E-state index contributed by atoms with van der Waals surface area (Å²) in [5, 5.41) is 6.57. The summed E-state index contributed by atoms with van der Waals surface area (Å²) in [7, 11) is 0. The first-order valence-electron chi connectivity index (χ1n) is 9.82. The van der Waals surface area contributed by atoms with Crippen LogP contribution in [0, 0.1) is 0 Å². The van der Waals surface area contributed by atoms with Crippen molar-refractivity contribution in [2.45, 2.75) is 51.7 Å². The summed E-state index contributed by atoms with van der Waals surface area (Å²) in [6.07, 6.45) is 3.22. The Labute approximate surface area is 169 Å². The number of hydrogen-bond acceptors (Lipinski definition) is 6. The second kappa shape index (κ2) is 7.42. The zero-order valence-electron chi connectivity index (χ0n) is 16.9. The summed E-state index contributed by atoms with van der Waals surface area (Å²) >= 11 is 0. The van der Waals surface area contributed by atoms with E-state index < -0.39 is 23.9 Å². The molecule has 2 heterocycles. The molecule has 8 nitrogen and oxygen atoms in total. The van der Waals surface area contributed by atoms with E-state index in [0.717, 1.165) is 47.4 Å². The molecule has 29 heavy (non-hydrogen) atoms. The number of alkyl carbamates (subject to hydrolysis) is 1. The standard InChI is InChI=1S/C21H25N3O5/c1-21(2,3)28-19(25)22-11-16-12-24(20(26)27-16)15-7-8-17-13(9-15)5-4-6-14-10-23-29-18(14)17/h7-10,16H,4-6,11-12H2,1-3H3,(H,22,25)/t16-/m0/s1. The smallest absolute Gasteiger partial charge is 0.414 e. The molecule has 0 radical (unpaired) electrons. The lowest BCUT2D eigenvalue weighted by Crippen LogP contribution is -2.38. The topological polar surface area (TPSA) is 93.9 Å². The maximum atomic E-state index is 12.4. The van der Waals surface area contributed by atoms with Crippen LogP contribution >= 0.6 is 0 Å². The first kappa shape index (κ1) is 19.3. The minimum Gasteiger partial charge on any atom is -0.444 e. The summed E-state index contributed by atoms with van der Waals surface area (Å²) in [6.45, 7) is 5.95. The summed E-state index contributed by atoms with van der Waals surface area (Å²) in [4.78, 5) is 25.8. The van der Waals surface area contributed by atoms with Crippen LogP contribution in [0.5, 0.6) is 0 Å². The van der Waals surface area contributed by atoms with Crippen molar-refractivity contribution in [1.29, 1.82) is 0 Å². The summed E-state index contributed by atoms with van der Waals surface area (Å²) in [5.74, 6) is 0.812. The van der Waals surface area contributed by atoms with Gasteiger partial charge in [-0.15, -0.1) is 0 Å². The van der Waals surface area contributed by atoms with Gasteiger partial charge in [-0.1, -0.05) is 5.16 Å². The van der Waals surface area contributed by atoms with E-state index in [9.17, 15) is 9.59 Å².